The van der Waals surface area contributed by atoms with E-state index in [0.29, 0.717) is 11.7 Å². The summed E-state index contributed by atoms with van der Waals surface area (Å²) < 4.78 is 0. The zero-order valence-electron chi connectivity index (χ0n) is 7.82. The number of aryl methyl sites for hydroxylation is 1. The summed E-state index contributed by atoms with van der Waals surface area (Å²) >= 11 is 0. The minimum Gasteiger partial charge on any atom is -0.388 e. The van der Waals surface area contributed by atoms with Gasteiger partial charge >= 0.3 is 0 Å². The minimum atomic E-state index is -0.0542. The van der Waals surface area contributed by atoms with Crippen LogP contribution in [0.1, 0.15) is 42.4 Å². The second-order valence-corrected chi connectivity index (χ2v) is 3.64. The molecule has 0 aliphatic heterocycles. The quantitative estimate of drug-likeness (QED) is 0.747. The Kier molecular flexibility index (Phi) is 2.27. The maximum Gasteiger partial charge on any atom is 0.154 e. The number of aliphatic hydroxyl groups excluding tert-OH is 1. The lowest BCUT2D eigenvalue weighted by Crippen LogP contribution is -2.13. The van der Waals surface area contributed by atoms with E-state index < -0.39 is 0 Å². The molecular formula is C10H14N2O. The highest BCUT2D eigenvalue weighted by Crippen LogP contribution is 2.35. The molecule has 13 heavy (non-hydrogen) atoms. The first kappa shape index (κ1) is 8.63. The average Bonchev–Trinajstić information content (AvgIpc) is 2.00. The fourth-order valence-electron chi connectivity index (χ4n) is 1.64. The fourth-order valence-corrected chi connectivity index (χ4v) is 1.64. The summed E-state index contributed by atoms with van der Waals surface area (Å²) in [6.07, 6.45) is 3.78. The minimum absolute atomic E-state index is 0.0542. The molecule has 0 radical (unpaired) electrons. The maximum absolute atomic E-state index is 8.93. The second kappa shape index (κ2) is 3.42. The Morgan fingerprint density at radius 1 is 1.46 bits per heavy atom. The number of rotatable bonds is 2. The van der Waals surface area contributed by atoms with Gasteiger partial charge in [0.2, 0.25) is 0 Å². The van der Waals surface area contributed by atoms with Crippen LogP contribution >= 0.6 is 0 Å². The zero-order valence-corrected chi connectivity index (χ0v) is 7.82. The first-order chi connectivity index (χ1) is 6.29. The number of hydrogen-bond acceptors (Lipinski definition) is 3. The monoisotopic (exact) mass is 178 g/mol. The van der Waals surface area contributed by atoms with E-state index in [9.17, 15) is 0 Å². The first-order valence-electron chi connectivity index (χ1n) is 4.75. The predicted octanol–water partition coefficient (Wildman–Crippen LogP) is 1.54. The first-order valence-corrected chi connectivity index (χ1v) is 4.75. The molecule has 0 unspecified atom stereocenters. The third kappa shape index (κ3) is 1.70. The molecule has 2 rings (SSSR count). The third-order valence-corrected chi connectivity index (χ3v) is 2.59. The van der Waals surface area contributed by atoms with Crippen LogP contribution in [-0.4, -0.2) is 15.1 Å². The molecule has 1 fully saturated rings. The lowest BCUT2D eigenvalue weighted by molar-refractivity contribution is 0.269. The largest absolute Gasteiger partial charge is 0.388 e. The van der Waals surface area contributed by atoms with Crippen molar-refractivity contribution < 1.29 is 5.11 Å². The van der Waals surface area contributed by atoms with Crippen molar-refractivity contribution in [3.8, 4) is 0 Å². The molecule has 1 aliphatic carbocycles. The summed E-state index contributed by atoms with van der Waals surface area (Å²) in [5.41, 5.74) is 2.07. The summed E-state index contributed by atoms with van der Waals surface area (Å²) in [6, 6.07) is 2.03. The number of aromatic nitrogens is 2. The van der Waals surface area contributed by atoms with Gasteiger partial charge in [0.25, 0.3) is 0 Å². The highest BCUT2D eigenvalue weighted by Gasteiger charge is 2.21. The van der Waals surface area contributed by atoms with Crippen molar-refractivity contribution in [1.29, 1.82) is 0 Å². The molecule has 70 valence electrons. The Bertz CT molecular complexity index is 308. The van der Waals surface area contributed by atoms with E-state index in [0.717, 1.165) is 11.4 Å². The van der Waals surface area contributed by atoms with Gasteiger partial charge in [-0.25, -0.2) is 9.97 Å². The molecule has 0 amide bonds. The van der Waals surface area contributed by atoms with E-state index in [2.05, 4.69) is 9.97 Å². The summed E-state index contributed by atoms with van der Waals surface area (Å²) in [5, 5.41) is 8.93. The van der Waals surface area contributed by atoms with Crippen molar-refractivity contribution in [2.24, 2.45) is 0 Å². The van der Waals surface area contributed by atoms with E-state index in [4.69, 9.17) is 5.11 Å². The van der Waals surface area contributed by atoms with Crippen LogP contribution in [0.25, 0.3) is 0 Å². The highest BCUT2D eigenvalue weighted by molar-refractivity contribution is 5.16. The second-order valence-electron chi connectivity index (χ2n) is 3.64. The SMILES string of the molecule is Cc1cc(C2CCC2)nc(CO)n1. The highest BCUT2D eigenvalue weighted by atomic mass is 16.3. The molecule has 1 saturated carbocycles. The van der Waals surface area contributed by atoms with Crippen LogP contribution in [0.2, 0.25) is 0 Å². The third-order valence-electron chi connectivity index (χ3n) is 2.59. The molecule has 1 aromatic heterocycles. The molecule has 0 bridgehead atoms. The lowest BCUT2D eigenvalue weighted by Gasteiger charge is -2.25. The van der Waals surface area contributed by atoms with E-state index in [-0.39, 0.29) is 6.61 Å². The average molecular weight is 178 g/mol. The Morgan fingerprint density at radius 2 is 2.23 bits per heavy atom. The van der Waals surface area contributed by atoms with Gasteiger partial charge in [0.1, 0.15) is 6.61 Å². The van der Waals surface area contributed by atoms with Gasteiger partial charge in [-0.1, -0.05) is 6.42 Å². The topological polar surface area (TPSA) is 46.0 Å². The molecule has 0 aromatic carbocycles. The molecule has 1 N–H and O–H groups in total. The van der Waals surface area contributed by atoms with Gasteiger partial charge in [0.15, 0.2) is 5.82 Å². The number of hydrogen-bond donors (Lipinski definition) is 1. The van der Waals surface area contributed by atoms with Gasteiger partial charge in [-0.15, -0.1) is 0 Å². The summed E-state index contributed by atoms with van der Waals surface area (Å²) in [5.74, 6) is 1.17. The van der Waals surface area contributed by atoms with Crippen LogP contribution in [0.5, 0.6) is 0 Å². The zero-order chi connectivity index (χ0) is 9.26. The lowest BCUT2D eigenvalue weighted by atomic mass is 9.82. The van der Waals surface area contributed by atoms with E-state index in [1.165, 1.54) is 19.3 Å². The Hall–Kier alpha value is -0.960. The molecule has 3 heteroatoms. The van der Waals surface area contributed by atoms with Gasteiger partial charge in [0.05, 0.1) is 0 Å². The van der Waals surface area contributed by atoms with Crippen molar-refractivity contribution in [3.05, 3.63) is 23.3 Å². The molecule has 0 spiro atoms. The predicted molar refractivity (Wildman–Crippen MR) is 49.3 cm³/mol. The summed E-state index contributed by atoms with van der Waals surface area (Å²) in [7, 11) is 0. The molecule has 0 saturated heterocycles. The van der Waals surface area contributed by atoms with Gasteiger partial charge in [-0.2, -0.15) is 0 Å². The van der Waals surface area contributed by atoms with Gasteiger partial charge in [-0.3, -0.25) is 0 Å². The van der Waals surface area contributed by atoms with Crippen molar-refractivity contribution in [3.63, 3.8) is 0 Å². The van der Waals surface area contributed by atoms with E-state index in [1.807, 2.05) is 13.0 Å². The maximum atomic E-state index is 8.93. The van der Waals surface area contributed by atoms with Crippen LogP contribution < -0.4 is 0 Å². The molecule has 1 heterocycles. The van der Waals surface area contributed by atoms with Gasteiger partial charge < -0.3 is 5.11 Å². The van der Waals surface area contributed by atoms with Crippen LogP contribution in [0, 0.1) is 6.92 Å². The van der Waals surface area contributed by atoms with Crippen molar-refractivity contribution in [1.82, 2.24) is 9.97 Å². The van der Waals surface area contributed by atoms with Crippen LogP contribution in [0.3, 0.4) is 0 Å². The molecule has 1 aliphatic rings. The molecule has 1 aromatic rings. The Morgan fingerprint density at radius 3 is 2.77 bits per heavy atom. The molecule has 3 nitrogen and oxygen atoms in total. The van der Waals surface area contributed by atoms with Crippen LogP contribution in [0.4, 0.5) is 0 Å². The number of nitrogens with zero attached hydrogens (tertiary/aromatic N) is 2. The normalized spacial score (nSPS) is 17.1. The van der Waals surface area contributed by atoms with E-state index in [1.54, 1.807) is 0 Å². The summed E-state index contributed by atoms with van der Waals surface area (Å²) in [6.45, 7) is 1.89. The smallest absolute Gasteiger partial charge is 0.154 e. The summed E-state index contributed by atoms with van der Waals surface area (Å²) in [4.78, 5) is 8.44. The Balaban J connectivity index is 2.28. The standard InChI is InChI=1S/C10H14N2O/c1-7-5-9(8-3-2-4-8)12-10(6-13)11-7/h5,8,13H,2-4,6H2,1H3. The van der Waals surface area contributed by atoms with E-state index >= 15 is 0 Å². The fraction of sp³-hybridized carbons (Fsp3) is 0.600. The van der Waals surface area contributed by atoms with Gasteiger partial charge in [-0.05, 0) is 25.8 Å². The molecule has 0 atom stereocenters. The van der Waals surface area contributed by atoms with Gasteiger partial charge in [0, 0.05) is 17.3 Å². The van der Waals surface area contributed by atoms with Crippen molar-refractivity contribution in [2.45, 2.75) is 38.7 Å². The Labute approximate surface area is 77.8 Å². The van der Waals surface area contributed by atoms with Crippen LogP contribution in [0.15, 0.2) is 6.07 Å². The van der Waals surface area contributed by atoms with Crippen LogP contribution in [-0.2, 0) is 6.61 Å². The van der Waals surface area contributed by atoms with Crippen molar-refractivity contribution >= 4 is 0 Å². The number of aliphatic hydroxyl groups is 1. The molecular weight excluding hydrogens is 164 g/mol. The van der Waals surface area contributed by atoms with Crippen molar-refractivity contribution in [2.75, 3.05) is 0 Å².